The number of carbonyl (C=O) groups is 1. The fourth-order valence-electron chi connectivity index (χ4n) is 2.93. The highest BCUT2D eigenvalue weighted by Gasteiger charge is 2.20. The summed E-state index contributed by atoms with van der Waals surface area (Å²) >= 11 is 7.98. The maximum atomic E-state index is 13.1. The highest BCUT2D eigenvalue weighted by molar-refractivity contribution is 8.03. The number of carbonyl (C=O) groups excluding carboxylic acids is 1. The second-order valence-corrected chi connectivity index (χ2v) is 8.12. The molecule has 1 fully saturated rings. The quantitative estimate of drug-likeness (QED) is 0.365. The van der Waals surface area contributed by atoms with Crippen molar-refractivity contribution in [1.82, 2.24) is 4.90 Å². The van der Waals surface area contributed by atoms with E-state index in [1.54, 1.807) is 11.8 Å². The maximum Gasteiger partial charge on any atom is 0.249 e. The second-order valence-electron chi connectivity index (χ2n) is 6.49. The summed E-state index contributed by atoms with van der Waals surface area (Å²) in [5, 5.41) is 0.674. The summed E-state index contributed by atoms with van der Waals surface area (Å²) in [5.41, 5.74) is 1.72. The van der Waals surface area contributed by atoms with E-state index in [0.717, 1.165) is 47.7 Å². The van der Waals surface area contributed by atoms with Crippen molar-refractivity contribution in [3.05, 3.63) is 76.2 Å². The molecule has 0 unspecified atom stereocenters. The molecule has 0 radical (unpaired) electrons. The van der Waals surface area contributed by atoms with Crippen molar-refractivity contribution in [3.8, 4) is 0 Å². The standard InChI is InChI=1S/C23H28ClNOS/c1-3-4-6-11-19(2)27-17-14-21(18-20-12-7-8-13-22(20)24)23(26)25-15-9-5-10-16-25/h3-4,6-8,11-13,18H,2,5,9-10,14-17H2,1H3/b4-3-,11-6-,21-18+. The monoisotopic (exact) mass is 401 g/mol. The Morgan fingerprint density at radius 2 is 1.96 bits per heavy atom. The Morgan fingerprint density at radius 1 is 1.22 bits per heavy atom. The molecule has 0 aliphatic carbocycles. The van der Waals surface area contributed by atoms with Crippen LogP contribution in [0.3, 0.4) is 0 Å². The number of likely N-dealkylation sites (tertiary alicyclic amines) is 1. The molecular formula is C23H28ClNOS. The van der Waals surface area contributed by atoms with Crippen LogP contribution in [0.2, 0.25) is 5.02 Å². The molecule has 1 aliphatic rings. The Morgan fingerprint density at radius 3 is 2.67 bits per heavy atom. The summed E-state index contributed by atoms with van der Waals surface area (Å²) in [5.74, 6) is 0.958. The van der Waals surface area contributed by atoms with Crippen molar-refractivity contribution in [2.24, 2.45) is 0 Å². The van der Waals surface area contributed by atoms with Gasteiger partial charge in [0, 0.05) is 34.3 Å². The third-order valence-electron chi connectivity index (χ3n) is 4.40. The first-order chi connectivity index (χ1) is 13.1. The Hall–Kier alpha value is -1.71. The number of allylic oxidation sites excluding steroid dienone is 4. The van der Waals surface area contributed by atoms with Crippen LogP contribution in [0.4, 0.5) is 0 Å². The largest absolute Gasteiger partial charge is 0.339 e. The number of benzene rings is 1. The van der Waals surface area contributed by atoms with E-state index < -0.39 is 0 Å². The van der Waals surface area contributed by atoms with Gasteiger partial charge in [-0.15, -0.1) is 11.8 Å². The van der Waals surface area contributed by atoms with Gasteiger partial charge < -0.3 is 4.90 Å². The highest BCUT2D eigenvalue weighted by atomic mass is 35.5. The Balaban J connectivity index is 2.08. The van der Waals surface area contributed by atoms with Crippen LogP contribution in [-0.2, 0) is 4.79 Å². The van der Waals surface area contributed by atoms with Crippen LogP contribution in [0.15, 0.2) is 65.6 Å². The lowest BCUT2D eigenvalue weighted by Gasteiger charge is -2.27. The molecule has 1 saturated heterocycles. The van der Waals surface area contributed by atoms with Crippen LogP contribution < -0.4 is 0 Å². The zero-order valence-corrected chi connectivity index (χ0v) is 17.6. The third kappa shape index (κ3) is 7.43. The van der Waals surface area contributed by atoms with Gasteiger partial charge in [-0.25, -0.2) is 0 Å². The summed E-state index contributed by atoms with van der Waals surface area (Å²) in [6.07, 6.45) is 14.0. The summed E-state index contributed by atoms with van der Waals surface area (Å²) in [7, 11) is 0. The van der Waals surface area contributed by atoms with Gasteiger partial charge >= 0.3 is 0 Å². The third-order valence-corrected chi connectivity index (χ3v) is 5.66. The molecule has 0 saturated carbocycles. The lowest BCUT2D eigenvalue weighted by molar-refractivity contribution is -0.128. The van der Waals surface area contributed by atoms with Gasteiger partial charge in [0.25, 0.3) is 0 Å². The van der Waals surface area contributed by atoms with Crippen molar-refractivity contribution < 1.29 is 4.79 Å². The smallest absolute Gasteiger partial charge is 0.249 e. The number of rotatable bonds is 8. The van der Waals surface area contributed by atoms with Gasteiger partial charge in [0.05, 0.1) is 0 Å². The van der Waals surface area contributed by atoms with Crippen LogP contribution >= 0.6 is 23.4 Å². The predicted octanol–water partition coefficient (Wildman–Crippen LogP) is 6.51. The van der Waals surface area contributed by atoms with Gasteiger partial charge in [0.2, 0.25) is 5.91 Å². The molecule has 27 heavy (non-hydrogen) atoms. The molecule has 1 heterocycles. The van der Waals surface area contributed by atoms with Crippen molar-refractivity contribution in [2.75, 3.05) is 18.8 Å². The van der Waals surface area contributed by atoms with E-state index in [1.165, 1.54) is 6.42 Å². The number of piperidine rings is 1. The zero-order valence-electron chi connectivity index (χ0n) is 16.0. The molecule has 0 spiro atoms. The Bertz CT molecular complexity index is 730. The predicted molar refractivity (Wildman–Crippen MR) is 120 cm³/mol. The normalized spacial score (nSPS) is 15.6. The lowest BCUT2D eigenvalue weighted by Crippen LogP contribution is -2.36. The topological polar surface area (TPSA) is 20.3 Å². The number of halogens is 1. The molecule has 4 heteroatoms. The number of hydrogen-bond donors (Lipinski definition) is 0. The van der Waals surface area contributed by atoms with Gasteiger partial charge in [-0.05, 0) is 56.4 Å². The molecule has 0 atom stereocenters. The second kappa shape index (κ2) is 11.9. The zero-order chi connectivity index (χ0) is 19.5. The fourth-order valence-corrected chi connectivity index (χ4v) is 3.88. The fraction of sp³-hybridized carbons (Fsp3) is 0.348. The molecule has 0 aromatic heterocycles. The number of hydrogen-bond acceptors (Lipinski definition) is 2. The number of thioether (sulfide) groups is 1. The maximum absolute atomic E-state index is 13.1. The molecular weight excluding hydrogens is 374 g/mol. The molecule has 0 bridgehead atoms. The van der Waals surface area contributed by atoms with Crippen LogP contribution in [0.1, 0.15) is 38.2 Å². The lowest BCUT2D eigenvalue weighted by atomic mass is 10.0. The average molecular weight is 402 g/mol. The summed E-state index contributed by atoms with van der Waals surface area (Å²) in [6.45, 7) is 7.75. The van der Waals surface area contributed by atoms with E-state index in [4.69, 9.17) is 11.6 Å². The molecule has 1 aliphatic heterocycles. The van der Waals surface area contributed by atoms with Gasteiger partial charge in [0.15, 0.2) is 0 Å². The van der Waals surface area contributed by atoms with E-state index in [0.29, 0.717) is 11.4 Å². The average Bonchev–Trinajstić information content (AvgIpc) is 2.69. The first kappa shape index (κ1) is 21.6. The van der Waals surface area contributed by atoms with E-state index in [1.807, 2.05) is 66.5 Å². The summed E-state index contributed by atoms with van der Waals surface area (Å²) in [4.78, 5) is 16.0. The first-order valence-electron chi connectivity index (χ1n) is 9.47. The minimum absolute atomic E-state index is 0.144. The van der Waals surface area contributed by atoms with Gasteiger partial charge in [-0.1, -0.05) is 54.6 Å². The first-order valence-corrected chi connectivity index (χ1v) is 10.8. The Kier molecular flexibility index (Phi) is 9.51. The van der Waals surface area contributed by atoms with Crippen molar-refractivity contribution in [3.63, 3.8) is 0 Å². The van der Waals surface area contributed by atoms with Crippen LogP contribution in [0.5, 0.6) is 0 Å². The van der Waals surface area contributed by atoms with Crippen LogP contribution in [-0.4, -0.2) is 29.6 Å². The van der Waals surface area contributed by atoms with E-state index >= 15 is 0 Å². The van der Waals surface area contributed by atoms with E-state index in [-0.39, 0.29) is 5.91 Å². The molecule has 144 valence electrons. The SMILES string of the molecule is C=C(/C=C\C=C/C)SCC/C(=C\c1ccccc1Cl)C(=O)N1CCCCC1. The molecule has 2 nitrogen and oxygen atoms in total. The minimum atomic E-state index is 0.144. The summed E-state index contributed by atoms with van der Waals surface area (Å²) < 4.78 is 0. The van der Waals surface area contributed by atoms with Crippen LogP contribution in [0, 0.1) is 0 Å². The van der Waals surface area contributed by atoms with E-state index in [2.05, 4.69) is 6.58 Å². The van der Waals surface area contributed by atoms with Crippen molar-refractivity contribution in [1.29, 1.82) is 0 Å². The molecule has 0 N–H and O–H groups in total. The van der Waals surface area contributed by atoms with Crippen molar-refractivity contribution >= 4 is 35.3 Å². The van der Waals surface area contributed by atoms with Gasteiger partial charge in [-0.2, -0.15) is 0 Å². The number of nitrogens with zero attached hydrogens (tertiary/aromatic N) is 1. The highest BCUT2D eigenvalue weighted by Crippen LogP contribution is 2.24. The molecule has 1 aromatic carbocycles. The summed E-state index contributed by atoms with van der Waals surface area (Å²) in [6, 6.07) is 7.67. The number of amides is 1. The molecule has 2 rings (SSSR count). The van der Waals surface area contributed by atoms with Gasteiger partial charge in [0.1, 0.15) is 0 Å². The van der Waals surface area contributed by atoms with Crippen LogP contribution in [0.25, 0.3) is 6.08 Å². The molecule has 1 amide bonds. The van der Waals surface area contributed by atoms with Crippen molar-refractivity contribution in [2.45, 2.75) is 32.6 Å². The molecule has 1 aromatic rings. The Labute approximate surface area is 172 Å². The minimum Gasteiger partial charge on any atom is -0.339 e. The van der Waals surface area contributed by atoms with E-state index in [9.17, 15) is 4.79 Å². The van der Waals surface area contributed by atoms with Gasteiger partial charge in [-0.3, -0.25) is 4.79 Å².